The number of hydrogen-bond donors (Lipinski definition) is 1. The Morgan fingerprint density at radius 3 is 2.46 bits per heavy atom. The molecule has 0 aliphatic rings. The summed E-state index contributed by atoms with van der Waals surface area (Å²) >= 11 is 0. The van der Waals surface area contributed by atoms with Crippen molar-refractivity contribution >= 4 is 27.8 Å². The number of benzene rings is 1. The maximum absolute atomic E-state index is 13.2. The molecule has 0 fully saturated rings. The fourth-order valence-electron chi connectivity index (χ4n) is 3.99. The lowest BCUT2D eigenvalue weighted by Crippen LogP contribution is -2.37. The third-order valence-electron chi connectivity index (χ3n) is 5.63. The Morgan fingerprint density at radius 1 is 0.971 bits per heavy atom. The molecule has 5 rings (SSSR count). The number of hydrogen-bond acceptors (Lipinski definition) is 5. The van der Waals surface area contributed by atoms with Crippen LogP contribution in [0.25, 0.3) is 38.8 Å². The second-order valence-electron chi connectivity index (χ2n) is 7.90. The van der Waals surface area contributed by atoms with Crippen molar-refractivity contribution in [2.24, 2.45) is 7.05 Å². The number of rotatable bonds is 5. The van der Waals surface area contributed by atoms with Crippen molar-refractivity contribution in [3.63, 3.8) is 0 Å². The highest BCUT2D eigenvalue weighted by Crippen LogP contribution is 2.28. The number of halogens is 3. The Bertz CT molecular complexity index is 1610. The van der Waals surface area contributed by atoms with E-state index in [1.165, 1.54) is 23.0 Å². The first-order valence-corrected chi connectivity index (χ1v) is 10.5. The van der Waals surface area contributed by atoms with Gasteiger partial charge in [-0.3, -0.25) is 28.6 Å². The zero-order chi connectivity index (χ0) is 24.7. The van der Waals surface area contributed by atoms with Crippen molar-refractivity contribution < 1.29 is 18.0 Å². The number of aromatic nitrogens is 6. The lowest BCUT2D eigenvalue weighted by Gasteiger charge is -2.08. The van der Waals surface area contributed by atoms with E-state index in [2.05, 4.69) is 15.1 Å². The molecule has 0 radical (unpaired) electrons. The number of fused-ring (bicyclic) bond motifs is 2. The number of carbonyl (C=O) groups is 1. The fourth-order valence-corrected chi connectivity index (χ4v) is 3.99. The van der Waals surface area contributed by atoms with E-state index in [0.717, 1.165) is 26.6 Å². The van der Waals surface area contributed by atoms with E-state index >= 15 is 0 Å². The van der Waals surface area contributed by atoms with Crippen molar-refractivity contribution in [2.75, 3.05) is 6.54 Å². The highest BCUT2D eigenvalue weighted by molar-refractivity contribution is 5.93. The highest BCUT2D eigenvalue weighted by Gasteiger charge is 2.28. The molecule has 5 aromatic rings. The number of amides is 1. The molecule has 35 heavy (non-hydrogen) atoms. The zero-order valence-electron chi connectivity index (χ0n) is 18.3. The van der Waals surface area contributed by atoms with E-state index in [0.29, 0.717) is 16.7 Å². The predicted octanol–water partition coefficient (Wildman–Crippen LogP) is 2.81. The van der Waals surface area contributed by atoms with Gasteiger partial charge in [-0.1, -0.05) is 12.1 Å². The average molecular weight is 481 g/mol. The number of nitrogens with zero attached hydrogens (tertiary/aromatic N) is 6. The van der Waals surface area contributed by atoms with Gasteiger partial charge in [0.05, 0.1) is 40.8 Å². The second-order valence-corrected chi connectivity index (χ2v) is 7.90. The Kier molecular flexibility index (Phi) is 5.35. The lowest BCUT2D eigenvalue weighted by atomic mass is 10.0. The van der Waals surface area contributed by atoms with Crippen molar-refractivity contribution in [3.05, 3.63) is 71.8 Å². The molecule has 0 bridgehead atoms. The lowest BCUT2D eigenvalue weighted by molar-refractivity contribution is -0.138. The van der Waals surface area contributed by atoms with Crippen molar-refractivity contribution in [1.82, 2.24) is 34.2 Å². The van der Waals surface area contributed by atoms with E-state index < -0.39 is 30.9 Å². The molecule has 1 amide bonds. The number of nitrogens with one attached hydrogen (secondary N) is 1. The summed E-state index contributed by atoms with van der Waals surface area (Å²) in [7, 11) is 1.83. The van der Waals surface area contributed by atoms with E-state index in [9.17, 15) is 22.8 Å². The zero-order valence-corrected chi connectivity index (χ0v) is 18.3. The summed E-state index contributed by atoms with van der Waals surface area (Å²) in [6.45, 7) is -2.03. The van der Waals surface area contributed by atoms with Gasteiger partial charge in [0.2, 0.25) is 5.91 Å². The van der Waals surface area contributed by atoms with Crippen LogP contribution in [-0.2, 0) is 18.4 Å². The molecule has 1 N–H and O–H groups in total. The molecule has 0 aliphatic heterocycles. The molecule has 4 heterocycles. The number of pyridine rings is 2. The van der Waals surface area contributed by atoms with E-state index in [4.69, 9.17) is 0 Å². The van der Waals surface area contributed by atoms with Crippen LogP contribution in [0.3, 0.4) is 0 Å². The summed E-state index contributed by atoms with van der Waals surface area (Å²) in [6, 6.07) is 8.69. The highest BCUT2D eigenvalue weighted by atomic mass is 19.4. The smallest absolute Gasteiger partial charge is 0.345 e. The van der Waals surface area contributed by atoms with Crippen LogP contribution in [0.4, 0.5) is 13.2 Å². The van der Waals surface area contributed by atoms with Gasteiger partial charge < -0.3 is 5.32 Å². The molecular formula is C23H18F3N7O2. The Hall–Kier alpha value is -4.48. The maximum atomic E-state index is 13.2. The molecule has 4 aromatic heterocycles. The minimum absolute atomic E-state index is 0.376. The first-order chi connectivity index (χ1) is 16.7. The van der Waals surface area contributed by atoms with Gasteiger partial charge in [0.15, 0.2) is 0 Å². The summed E-state index contributed by atoms with van der Waals surface area (Å²) in [6.07, 6.45) is 3.59. The average Bonchev–Trinajstić information content (AvgIpc) is 3.35. The quantitative estimate of drug-likeness (QED) is 0.416. The van der Waals surface area contributed by atoms with E-state index in [1.807, 2.05) is 19.2 Å². The largest absolute Gasteiger partial charge is 0.405 e. The van der Waals surface area contributed by atoms with Gasteiger partial charge in [0.1, 0.15) is 13.1 Å². The summed E-state index contributed by atoms with van der Waals surface area (Å²) < 4.78 is 41.6. The molecule has 0 spiro atoms. The van der Waals surface area contributed by atoms with Crippen LogP contribution in [0.5, 0.6) is 0 Å². The summed E-state index contributed by atoms with van der Waals surface area (Å²) in [5, 5.41) is 6.99. The van der Waals surface area contributed by atoms with Crippen molar-refractivity contribution in [1.29, 1.82) is 0 Å². The van der Waals surface area contributed by atoms with Gasteiger partial charge in [-0.25, -0.2) is 4.79 Å². The number of imidazole rings is 1. The van der Waals surface area contributed by atoms with Gasteiger partial charge in [-0.2, -0.15) is 18.3 Å². The van der Waals surface area contributed by atoms with E-state index in [1.54, 1.807) is 40.7 Å². The molecular weight excluding hydrogens is 463 g/mol. The number of aryl methyl sites for hydroxylation is 1. The SMILES string of the molecule is Cn1ncc2c(-c3ccc(-n4c(=O)n(CC(=O)NCC(F)(F)F)c5ccncc54)cc3)cncc21. The molecule has 178 valence electrons. The van der Waals surface area contributed by atoms with Gasteiger partial charge in [-0.05, 0) is 23.8 Å². The van der Waals surface area contributed by atoms with Crippen molar-refractivity contribution in [3.8, 4) is 16.8 Å². The molecule has 0 aliphatic carbocycles. The van der Waals surface area contributed by atoms with Gasteiger partial charge in [0.25, 0.3) is 0 Å². The molecule has 0 atom stereocenters. The minimum atomic E-state index is -4.55. The van der Waals surface area contributed by atoms with Crippen LogP contribution in [0, 0.1) is 0 Å². The third kappa shape index (κ3) is 4.14. The normalized spacial score (nSPS) is 11.9. The van der Waals surface area contributed by atoms with Crippen LogP contribution < -0.4 is 11.0 Å². The second kappa shape index (κ2) is 8.38. The van der Waals surface area contributed by atoms with Crippen LogP contribution in [0.1, 0.15) is 0 Å². The topological polar surface area (TPSA) is 99.6 Å². The number of carbonyl (C=O) groups excluding carboxylic acids is 1. The minimum Gasteiger partial charge on any atom is -0.345 e. The number of alkyl halides is 3. The third-order valence-corrected chi connectivity index (χ3v) is 5.63. The van der Waals surface area contributed by atoms with Gasteiger partial charge in [-0.15, -0.1) is 0 Å². The summed E-state index contributed by atoms with van der Waals surface area (Å²) in [4.78, 5) is 33.7. The van der Waals surface area contributed by atoms with Gasteiger partial charge >= 0.3 is 11.9 Å². The fraction of sp³-hybridized carbons (Fsp3) is 0.174. The summed E-state index contributed by atoms with van der Waals surface area (Å²) in [5.41, 5.74) is 3.35. The Balaban J connectivity index is 1.52. The van der Waals surface area contributed by atoms with Crippen molar-refractivity contribution in [2.45, 2.75) is 12.7 Å². The van der Waals surface area contributed by atoms with Gasteiger partial charge in [0, 0.05) is 30.4 Å². The standard InChI is InChI=1S/C23H18F3N7O2/c1-31-19-10-28-8-16(17(19)9-30-31)14-2-4-15(5-3-14)33-20-11-27-7-6-18(20)32(22(33)35)12-21(34)29-13-23(24,25)26/h2-11H,12-13H2,1H3,(H,29,34). The van der Waals surface area contributed by atoms with Crippen LogP contribution in [-0.4, -0.2) is 47.5 Å². The molecule has 0 unspecified atom stereocenters. The Morgan fingerprint density at radius 2 is 1.71 bits per heavy atom. The Labute approximate surface area is 195 Å². The van der Waals surface area contributed by atoms with Crippen LogP contribution in [0.2, 0.25) is 0 Å². The predicted molar refractivity (Wildman–Crippen MR) is 122 cm³/mol. The molecule has 0 saturated carbocycles. The first kappa shape index (κ1) is 22.3. The monoisotopic (exact) mass is 481 g/mol. The first-order valence-electron chi connectivity index (χ1n) is 10.5. The molecule has 12 heteroatoms. The summed E-state index contributed by atoms with van der Waals surface area (Å²) in [5.74, 6) is -0.923. The maximum Gasteiger partial charge on any atom is 0.405 e. The molecule has 9 nitrogen and oxygen atoms in total. The van der Waals surface area contributed by atoms with Crippen LogP contribution in [0.15, 0.2) is 66.1 Å². The molecule has 0 saturated heterocycles. The molecule has 1 aromatic carbocycles. The van der Waals surface area contributed by atoms with Crippen LogP contribution >= 0.6 is 0 Å². The van der Waals surface area contributed by atoms with E-state index in [-0.39, 0.29) is 0 Å².